The smallest absolute Gasteiger partial charge is 0.233 e. The van der Waals surface area contributed by atoms with E-state index < -0.39 is 0 Å². The molecule has 3 rings (SSSR count). The van der Waals surface area contributed by atoms with Crippen LogP contribution < -0.4 is 0 Å². The van der Waals surface area contributed by atoms with Crippen LogP contribution in [0.25, 0.3) is 0 Å². The number of hydrogen-bond acceptors (Lipinski definition) is 4. The summed E-state index contributed by atoms with van der Waals surface area (Å²) >= 11 is 3.24. The Bertz CT molecular complexity index is 713. The fraction of sp³-hybridized carbons (Fsp3) is 0.211. The maximum absolute atomic E-state index is 12.7. The molecule has 0 spiro atoms. The maximum Gasteiger partial charge on any atom is 0.233 e. The molecule has 124 valence electrons. The van der Waals surface area contributed by atoms with Crippen molar-refractivity contribution >= 4 is 29.0 Å². The van der Waals surface area contributed by atoms with Crippen LogP contribution in [0, 0.1) is 6.92 Å². The second-order valence-electron chi connectivity index (χ2n) is 5.51. The first kappa shape index (κ1) is 16.9. The maximum atomic E-state index is 12.7. The second kappa shape index (κ2) is 8.22. The van der Waals surface area contributed by atoms with Gasteiger partial charge in [-0.1, -0.05) is 23.8 Å². The third kappa shape index (κ3) is 4.76. The fourth-order valence-electron chi connectivity index (χ4n) is 2.28. The van der Waals surface area contributed by atoms with Gasteiger partial charge in [0.1, 0.15) is 5.76 Å². The van der Waals surface area contributed by atoms with E-state index in [1.54, 1.807) is 29.4 Å². The van der Waals surface area contributed by atoms with E-state index in [1.807, 2.05) is 28.5 Å². The number of rotatable bonds is 7. The molecule has 3 nitrogen and oxygen atoms in total. The summed E-state index contributed by atoms with van der Waals surface area (Å²) in [6, 6.07) is 16.1. The lowest BCUT2D eigenvalue weighted by molar-refractivity contribution is -0.129. The molecule has 0 saturated heterocycles. The van der Waals surface area contributed by atoms with Crippen LogP contribution in [0.1, 0.15) is 16.2 Å². The number of aryl methyl sites for hydroxylation is 1. The predicted molar refractivity (Wildman–Crippen MR) is 99.2 cm³/mol. The first-order valence-electron chi connectivity index (χ1n) is 7.73. The van der Waals surface area contributed by atoms with Gasteiger partial charge in [0, 0.05) is 9.77 Å². The van der Waals surface area contributed by atoms with Crippen molar-refractivity contribution in [3.63, 3.8) is 0 Å². The topological polar surface area (TPSA) is 33.5 Å². The van der Waals surface area contributed by atoms with Crippen molar-refractivity contribution < 1.29 is 9.21 Å². The Hall–Kier alpha value is -1.98. The van der Waals surface area contributed by atoms with Gasteiger partial charge in [-0.15, -0.1) is 23.1 Å². The third-order valence-corrected chi connectivity index (χ3v) is 5.45. The quantitative estimate of drug-likeness (QED) is 0.560. The van der Waals surface area contributed by atoms with Crippen molar-refractivity contribution in [3.05, 3.63) is 76.4 Å². The van der Waals surface area contributed by atoms with Crippen molar-refractivity contribution in [3.8, 4) is 0 Å². The molecule has 1 aromatic carbocycles. The minimum absolute atomic E-state index is 0.116. The van der Waals surface area contributed by atoms with Crippen molar-refractivity contribution in [1.82, 2.24) is 4.90 Å². The Kier molecular flexibility index (Phi) is 5.77. The van der Waals surface area contributed by atoms with Crippen molar-refractivity contribution in [2.75, 3.05) is 5.75 Å². The van der Waals surface area contributed by atoms with Gasteiger partial charge < -0.3 is 9.32 Å². The van der Waals surface area contributed by atoms with Gasteiger partial charge in [-0.05, 0) is 42.6 Å². The number of carbonyl (C=O) groups is 1. The van der Waals surface area contributed by atoms with Gasteiger partial charge in [-0.2, -0.15) is 0 Å². The third-order valence-electron chi connectivity index (χ3n) is 3.59. The summed E-state index contributed by atoms with van der Waals surface area (Å²) in [4.78, 5) is 16.8. The number of furan rings is 1. The highest BCUT2D eigenvalue weighted by molar-refractivity contribution is 8.00. The van der Waals surface area contributed by atoms with Crippen LogP contribution in [0.5, 0.6) is 0 Å². The summed E-state index contributed by atoms with van der Waals surface area (Å²) in [7, 11) is 0. The molecule has 0 aliphatic heterocycles. The summed E-state index contributed by atoms with van der Waals surface area (Å²) in [6.45, 7) is 3.18. The number of amides is 1. The second-order valence-corrected chi connectivity index (χ2v) is 7.59. The summed E-state index contributed by atoms with van der Waals surface area (Å²) in [6.07, 6.45) is 1.64. The zero-order valence-electron chi connectivity index (χ0n) is 13.5. The van der Waals surface area contributed by atoms with Crippen LogP contribution in [0.4, 0.5) is 0 Å². The largest absolute Gasteiger partial charge is 0.467 e. The molecular weight excluding hydrogens is 338 g/mol. The molecule has 0 unspecified atom stereocenters. The molecule has 1 amide bonds. The monoisotopic (exact) mass is 357 g/mol. The molecular formula is C19H19NO2S2. The van der Waals surface area contributed by atoms with E-state index in [4.69, 9.17) is 4.42 Å². The van der Waals surface area contributed by atoms with E-state index >= 15 is 0 Å². The Balaban J connectivity index is 1.64. The molecule has 0 bridgehead atoms. The molecule has 0 radical (unpaired) electrons. The average Bonchev–Trinajstić information content (AvgIpc) is 3.27. The molecule has 0 aliphatic rings. The van der Waals surface area contributed by atoms with Crippen LogP contribution in [-0.2, 0) is 17.9 Å². The lowest BCUT2D eigenvalue weighted by Gasteiger charge is -2.21. The van der Waals surface area contributed by atoms with E-state index in [0.29, 0.717) is 18.8 Å². The molecule has 5 heteroatoms. The number of hydrogen-bond donors (Lipinski definition) is 0. The van der Waals surface area contributed by atoms with Crippen LogP contribution >= 0.6 is 23.1 Å². The summed E-state index contributed by atoms with van der Waals surface area (Å²) in [5.41, 5.74) is 1.22. The van der Waals surface area contributed by atoms with E-state index in [0.717, 1.165) is 10.7 Å². The van der Waals surface area contributed by atoms with Crippen molar-refractivity contribution in [1.29, 1.82) is 0 Å². The van der Waals surface area contributed by atoms with E-state index in [9.17, 15) is 4.79 Å². The van der Waals surface area contributed by atoms with Gasteiger partial charge in [0.15, 0.2) is 0 Å². The summed E-state index contributed by atoms with van der Waals surface area (Å²) in [5.74, 6) is 1.35. The predicted octanol–water partition coefficient (Wildman–Crippen LogP) is 4.97. The Morgan fingerprint density at radius 2 is 1.96 bits per heavy atom. The Morgan fingerprint density at radius 1 is 1.12 bits per heavy atom. The van der Waals surface area contributed by atoms with E-state index in [-0.39, 0.29) is 5.91 Å². The first-order chi connectivity index (χ1) is 11.7. The zero-order chi connectivity index (χ0) is 16.8. The minimum Gasteiger partial charge on any atom is -0.467 e. The van der Waals surface area contributed by atoms with Gasteiger partial charge in [0.2, 0.25) is 5.91 Å². The molecule has 2 aromatic heterocycles. The van der Waals surface area contributed by atoms with Crippen LogP contribution in [0.15, 0.2) is 69.5 Å². The van der Waals surface area contributed by atoms with Crippen LogP contribution in [-0.4, -0.2) is 16.6 Å². The number of nitrogens with zero attached hydrogens (tertiary/aromatic N) is 1. The van der Waals surface area contributed by atoms with E-state index in [1.165, 1.54) is 10.4 Å². The molecule has 0 saturated carbocycles. The van der Waals surface area contributed by atoms with Gasteiger partial charge in [-0.3, -0.25) is 4.79 Å². The minimum atomic E-state index is 0.116. The molecule has 0 fully saturated rings. The van der Waals surface area contributed by atoms with E-state index in [2.05, 4.69) is 37.3 Å². The molecule has 2 heterocycles. The highest BCUT2D eigenvalue weighted by atomic mass is 32.2. The van der Waals surface area contributed by atoms with Gasteiger partial charge in [0.25, 0.3) is 0 Å². The molecule has 3 aromatic rings. The normalized spacial score (nSPS) is 10.7. The highest BCUT2D eigenvalue weighted by Crippen LogP contribution is 2.21. The van der Waals surface area contributed by atoms with Crippen LogP contribution in [0.3, 0.4) is 0 Å². The SMILES string of the molecule is Cc1ccc(SCC(=O)N(Cc2ccco2)Cc2cccs2)cc1. The number of thioether (sulfide) groups is 1. The zero-order valence-corrected chi connectivity index (χ0v) is 15.1. The number of benzene rings is 1. The lowest BCUT2D eigenvalue weighted by Crippen LogP contribution is -2.31. The highest BCUT2D eigenvalue weighted by Gasteiger charge is 2.16. The molecule has 24 heavy (non-hydrogen) atoms. The standard InChI is InChI=1S/C19H19NO2S2/c1-15-6-8-17(9-7-15)24-14-19(21)20(12-16-4-2-10-22-16)13-18-5-3-11-23-18/h2-11H,12-14H2,1H3. The summed E-state index contributed by atoms with van der Waals surface area (Å²) < 4.78 is 5.41. The van der Waals surface area contributed by atoms with Gasteiger partial charge in [0.05, 0.1) is 25.1 Å². The van der Waals surface area contributed by atoms with Gasteiger partial charge >= 0.3 is 0 Å². The van der Waals surface area contributed by atoms with Gasteiger partial charge in [-0.25, -0.2) is 0 Å². The summed E-state index contributed by atoms with van der Waals surface area (Å²) in [5, 5.41) is 2.03. The molecule has 0 N–H and O–H groups in total. The number of carbonyl (C=O) groups excluding carboxylic acids is 1. The van der Waals surface area contributed by atoms with Crippen LogP contribution in [0.2, 0.25) is 0 Å². The first-order valence-corrected chi connectivity index (χ1v) is 9.59. The molecule has 0 aliphatic carbocycles. The average molecular weight is 358 g/mol. The Morgan fingerprint density at radius 3 is 2.62 bits per heavy atom. The van der Waals surface area contributed by atoms with Crippen molar-refractivity contribution in [2.45, 2.75) is 24.9 Å². The Labute approximate surface area is 150 Å². The van der Waals surface area contributed by atoms with Crippen molar-refractivity contribution in [2.24, 2.45) is 0 Å². The molecule has 0 atom stereocenters. The number of thiophene rings is 1. The fourth-order valence-corrected chi connectivity index (χ4v) is 3.81. The lowest BCUT2D eigenvalue weighted by atomic mass is 10.2.